The summed E-state index contributed by atoms with van der Waals surface area (Å²) in [5, 5.41) is 11.3. The first-order valence-electron chi connectivity index (χ1n) is 8.55. The van der Waals surface area contributed by atoms with Crippen molar-refractivity contribution in [3.8, 4) is 0 Å². The van der Waals surface area contributed by atoms with E-state index in [1.807, 2.05) is 19.0 Å². The smallest absolute Gasteiger partial charge is 0.295 e. The Morgan fingerprint density at radius 1 is 1.19 bits per heavy atom. The number of aryl methyl sites for hydroxylation is 1. The van der Waals surface area contributed by atoms with Gasteiger partial charge in [-0.3, -0.25) is 9.59 Å². The van der Waals surface area contributed by atoms with Crippen LogP contribution in [0.4, 0.5) is 0 Å². The van der Waals surface area contributed by atoms with E-state index in [-0.39, 0.29) is 11.3 Å². The fourth-order valence-electron chi connectivity index (χ4n) is 3.08. The molecule has 1 saturated heterocycles. The third-order valence-electron chi connectivity index (χ3n) is 4.48. The highest BCUT2D eigenvalue weighted by atomic mass is 35.5. The number of likely N-dealkylation sites (tertiary alicyclic amines) is 1. The summed E-state index contributed by atoms with van der Waals surface area (Å²) >= 11 is 5.90. The first-order chi connectivity index (χ1) is 12.8. The summed E-state index contributed by atoms with van der Waals surface area (Å²) in [7, 11) is 3.77. The molecule has 1 aromatic carbocycles. The van der Waals surface area contributed by atoms with Crippen LogP contribution in [0.25, 0.3) is 5.76 Å². The van der Waals surface area contributed by atoms with Crippen molar-refractivity contribution in [2.45, 2.75) is 13.0 Å². The van der Waals surface area contributed by atoms with Crippen molar-refractivity contribution in [3.05, 3.63) is 64.1 Å². The molecule has 3 rings (SSSR count). The molecule has 0 radical (unpaired) electrons. The summed E-state index contributed by atoms with van der Waals surface area (Å²) in [5.41, 5.74) is 0.439. The van der Waals surface area contributed by atoms with E-state index in [4.69, 9.17) is 16.0 Å². The monoisotopic (exact) mass is 388 g/mol. The number of likely N-dealkylation sites (N-methyl/N-ethyl adjacent to an activating group) is 1. The largest absolute Gasteiger partial charge is 0.507 e. The Bertz CT molecular complexity index is 899. The lowest BCUT2D eigenvalue weighted by Crippen LogP contribution is -2.35. The normalized spacial score (nSPS) is 19.3. The standard InChI is InChI=1S/C20H21ClN2O4/c1-12-4-9-15(27-12)17-16(18(24)13-5-7-14(21)8-6-13)19(25)20(26)23(17)11-10-22(2)3/h4-9,17,24H,10-11H2,1-3H3/b18-16-. The van der Waals surface area contributed by atoms with Gasteiger partial charge in [0.1, 0.15) is 23.3 Å². The molecule has 1 unspecified atom stereocenters. The maximum atomic E-state index is 12.7. The van der Waals surface area contributed by atoms with E-state index in [0.29, 0.717) is 35.2 Å². The first kappa shape index (κ1) is 19.2. The lowest BCUT2D eigenvalue weighted by molar-refractivity contribution is -0.140. The Morgan fingerprint density at radius 2 is 1.85 bits per heavy atom. The average molecular weight is 389 g/mol. The van der Waals surface area contributed by atoms with Gasteiger partial charge in [0, 0.05) is 23.7 Å². The van der Waals surface area contributed by atoms with Crippen molar-refractivity contribution < 1.29 is 19.1 Å². The summed E-state index contributed by atoms with van der Waals surface area (Å²) in [5.74, 6) is -0.501. The minimum absolute atomic E-state index is 0.0235. The van der Waals surface area contributed by atoms with Crippen LogP contribution in [0.1, 0.15) is 23.1 Å². The second kappa shape index (κ2) is 7.58. The summed E-state index contributed by atoms with van der Waals surface area (Å²) in [6.45, 7) is 2.69. The molecule has 2 heterocycles. The number of aliphatic hydroxyl groups is 1. The minimum atomic E-state index is -0.769. The lowest BCUT2D eigenvalue weighted by atomic mass is 9.99. The van der Waals surface area contributed by atoms with Crippen molar-refractivity contribution in [3.63, 3.8) is 0 Å². The number of rotatable bonds is 5. The summed E-state index contributed by atoms with van der Waals surface area (Å²) in [4.78, 5) is 28.8. The fraction of sp³-hybridized carbons (Fsp3) is 0.300. The highest BCUT2D eigenvalue weighted by molar-refractivity contribution is 6.46. The molecule has 2 aromatic rings. The fourth-order valence-corrected chi connectivity index (χ4v) is 3.20. The molecule has 0 saturated carbocycles. The second-order valence-corrected chi connectivity index (χ2v) is 7.19. The van der Waals surface area contributed by atoms with Crippen LogP contribution in [0.3, 0.4) is 0 Å². The highest BCUT2D eigenvalue weighted by Gasteiger charge is 2.47. The zero-order valence-electron chi connectivity index (χ0n) is 15.4. The quantitative estimate of drug-likeness (QED) is 0.483. The predicted octanol–water partition coefficient (Wildman–Crippen LogP) is 3.22. The number of nitrogens with zero attached hydrogens (tertiary/aromatic N) is 2. The Morgan fingerprint density at radius 3 is 2.41 bits per heavy atom. The molecule has 1 atom stereocenters. The van der Waals surface area contributed by atoms with E-state index >= 15 is 0 Å². The van der Waals surface area contributed by atoms with E-state index in [1.165, 1.54) is 4.90 Å². The van der Waals surface area contributed by atoms with Crippen LogP contribution in [-0.4, -0.2) is 53.8 Å². The second-order valence-electron chi connectivity index (χ2n) is 6.75. The summed E-state index contributed by atoms with van der Waals surface area (Å²) in [6.07, 6.45) is 0. The molecule has 1 fully saturated rings. The van der Waals surface area contributed by atoms with E-state index in [0.717, 1.165) is 0 Å². The van der Waals surface area contributed by atoms with Crippen molar-refractivity contribution in [2.24, 2.45) is 0 Å². The van der Waals surface area contributed by atoms with E-state index in [1.54, 1.807) is 43.3 Å². The van der Waals surface area contributed by atoms with Crippen LogP contribution in [0.15, 0.2) is 46.4 Å². The summed E-state index contributed by atoms with van der Waals surface area (Å²) in [6, 6.07) is 9.17. The number of furan rings is 1. The molecule has 0 aliphatic carbocycles. The number of hydrogen-bond donors (Lipinski definition) is 1. The van der Waals surface area contributed by atoms with Gasteiger partial charge in [0.2, 0.25) is 0 Å². The number of hydrogen-bond acceptors (Lipinski definition) is 5. The molecule has 7 heteroatoms. The van der Waals surface area contributed by atoms with Crippen LogP contribution in [0.2, 0.25) is 5.02 Å². The molecule has 1 aliphatic heterocycles. The van der Waals surface area contributed by atoms with Gasteiger partial charge in [-0.15, -0.1) is 0 Å². The number of amides is 1. The van der Waals surface area contributed by atoms with Crippen LogP contribution in [0.5, 0.6) is 0 Å². The predicted molar refractivity (Wildman–Crippen MR) is 102 cm³/mol. The van der Waals surface area contributed by atoms with Crippen molar-refractivity contribution >= 4 is 29.1 Å². The molecule has 1 amide bonds. The zero-order valence-corrected chi connectivity index (χ0v) is 16.2. The van der Waals surface area contributed by atoms with Gasteiger partial charge in [0.05, 0.1) is 5.57 Å². The number of ketones is 1. The van der Waals surface area contributed by atoms with E-state index < -0.39 is 17.7 Å². The number of Topliss-reactive ketones (excluding diaryl/α,β-unsaturated/α-hetero) is 1. The van der Waals surface area contributed by atoms with Crippen molar-refractivity contribution in [2.75, 3.05) is 27.2 Å². The van der Waals surface area contributed by atoms with Gasteiger partial charge >= 0.3 is 0 Å². The molecule has 6 nitrogen and oxygen atoms in total. The van der Waals surface area contributed by atoms with E-state index in [9.17, 15) is 14.7 Å². The number of aliphatic hydroxyl groups excluding tert-OH is 1. The highest BCUT2D eigenvalue weighted by Crippen LogP contribution is 2.39. The van der Waals surface area contributed by atoms with Crippen LogP contribution < -0.4 is 0 Å². The Hall–Kier alpha value is -2.57. The lowest BCUT2D eigenvalue weighted by Gasteiger charge is -2.24. The van der Waals surface area contributed by atoms with Gasteiger partial charge in [-0.1, -0.05) is 11.6 Å². The summed E-state index contributed by atoms with van der Waals surface area (Å²) < 4.78 is 5.71. The zero-order chi connectivity index (χ0) is 19.7. The molecule has 1 aromatic heterocycles. The molecule has 1 N–H and O–H groups in total. The third kappa shape index (κ3) is 3.77. The SMILES string of the molecule is Cc1ccc(C2/C(=C(/O)c3ccc(Cl)cc3)C(=O)C(=O)N2CCN(C)C)o1. The van der Waals surface area contributed by atoms with Gasteiger partial charge in [0.25, 0.3) is 11.7 Å². The Balaban J connectivity index is 2.11. The first-order valence-corrected chi connectivity index (χ1v) is 8.93. The van der Waals surface area contributed by atoms with Gasteiger partial charge in [-0.25, -0.2) is 0 Å². The molecule has 142 valence electrons. The van der Waals surface area contributed by atoms with Gasteiger partial charge in [-0.2, -0.15) is 0 Å². The molecular formula is C20H21ClN2O4. The number of carbonyl (C=O) groups is 2. The molecule has 0 spiro atoms. The van der Waals surface area contributed by atoms with Crippen molar-refractivity contribution in [1.29, 1.82) is 0 Å². The molecular weight excluding hydrogens is 368 g/mol. The number of halogens is 1. The maximum absolute atomic E-state index is 12.7. The van der Waals surface area contributed by atoms with Gasteiger partial charge in [0.15, 0.2) is 0 Å². The van der Waals surface area contributed by atoms with Gasteiger partial charge < -0.3 is 19.3 Å². The number of carbonyl (C=O) groups excluding carboxylic acids is 2. The third-order valence-corrected chi connectivity index (χ3v) is 4.73. The maximum Gasteiger partial charge on any atom is 0.295 e. The van der Waals surface area contributed by atoms with Crippen molar-refractivity contribution in [1.82, 2.24) is 9.80 Å². The molecule has 27 heavy (non-hydrogen) atoms. The van der Waals surface area contributed by atoms with Crippen LogP contribution >= 0.6 is 11.6 Å². The van der Waals surface area contributed by atoms with Gasteiger partial charge in [-0.05, 0) is 57.4 Å². The number of benzene rings is 1. The minimum Gasteiger partial charge on any atom is -0.507 e. The van der Waals surface area contributed by atoms with Crippen LogP contribution in [0, 0.1) is 6.92 Å². The molecule has 1 aliphatic rings. The Kier molecular flexibility index (Phi) is 5.39. The van der Waals surface area contributed by atoms with Crippen LogP contribution in [-0.2, 0) is 9.59 Å². The van der Waals surface area contributed by atoms with E-state index in [2.05, 4.69) is 0 Å². The Labute approximate surface area is 162 Å². The average Bonchev–Trinajstić information content (AvgIpc) is 3.15. The topological polar surface area (TPSA) is 74.0 Å². The molecule has 0 bridgehead atoms.